The summed E-state index contributed by atoms with van der Waals surface area (Å²) in [6.45, 7) is 3.89. The smallest absolute Gasteiger partial charge is 0.261 e. The molecular weight excluding hydrogens is 398 g/mol. The van der Waals surface area contributed by atoms with E-state index in [1.54, 1.807) is 7.11 Å². The molecule has 1 saturated carbocycles. The van der Waals surface area contributed by atoms with Crippen LogP contribution in [0.2, 0.25) is 0 Å². The summed E-state index contributed by atoms with van der Waals surface area (Å²) in [6.07, 6.45) is 5.93. The lowest BCUT2D eigenvalue weighted by Crippen LogP contribution is -2.43. The van der Waals surface area contributed by atoms with Crippen LogP contribution in [0.1, 0.15) is 43.7 Å². The lowest BCUT2D eigenvalue weighted by molar-refractivity contribution is 0.416. The highest BCUT2D eigenvalue weighted by molar-refractivity contribution is 7.12. The van der Waals surface area contributed by atoms with E-state index in [9.17, 15) is 4.79 Å². The van der Waals surface area contributed by atoms with E-state index >= 15 is 0 Å². The first-order chi connectivity index (χ1) is 14.7. The molecule has 0 radical (unpaired) electrons. The first-order valence-corrected chi connectivity index (χ1v) is 11.6. The maximum Gasteiger partial charge on any atom is 0.261 e. The van der Waals surface area contributed by atoms with Crippen molar-refractivity contribution in [2.45, 2.75) is 38.0 Å². The number of methoxy groups -OCH3 is 1. The predicted molar refractivity (Wildman–Crippen MR) is 121 cm³/mol. The van der Waals surface area contributed by atoms with Crippen LogP contribution in [-0.4, -0.2) is 47.6 Å². The van der Waals surface area contributed by atoms with Crippen molar-refractivity contribution in [1.82, 2.24) is 19.7 Å². The molecule has 0 unspecified atom stereocenters. The molecule has 0 atom stereocenters. The molecule has 8 heteroatoms. The maximum atomic E-state index is 13.0. The third-order valence-electron chi connectivity index (χ3n) is 6.29. The number of nitrogens with one attached hydrogen (secondary N) is 2. The zero-order chi connectivity index (χ0) is 20.5. The maximum absolute atomic E-state index is 13.0. The summed E-state index contributed by atoms with van der Waals surface area (Å²) in [7, 11) is 1.66. The summed E-state index contributed by atoms with van der Waals surface area (Å²) < 4.78 is 10.3. The molecule has 0 spiro atoms. The van der Waals surface area contributed by atoms with Gasteiger partial charge in [-0.25, -0.2) is 4.98 Å². The Morgan fingerprint density at radius 2 is 1.97 bits per heavy atom. The Morgan fingerprint density at radius 3 is 2.73 bits per heavy atom. The van der Waals surface area contributed by atoms with Crippen LogP contribution in [0.5, 0.6) is 5.75 Å². The molecule has 0 bridgehead atoms. The van der Waals surface area contributed by atoms with Gasteiger partial charge in [-0.2, -0.15) is 4.37 Å². The number of hydrogen-bond acceptors (Lipinski definition) is 7. The van der Waals surface area contributed by atoms with Crippen LogP contribution < -0.4 is 20.5 Å². The van der Waals surface area contributed by atoms with Crippen LogP contribution in [-0.2, 0) is 0 Å². The van der Waals surface area contributed by atoms with E-state index in [1.165, 1.54) is 30.8 Å². The standard InChI is InChI=1S/C22H27N5O2S/c1-29-17-13-15(27-11-9-23-10-12-27)7-8-16(17)20-24-21(28)18-19(26-30-22(18)25-20)14-5-3-2-4-6-14/h7-8,13-14,23H,2-6,9-12H2,1H3,(H,24,25,28). The van der Waals surface area contributed by atoms with Crippen molar-refractivity contribution >= 4 is 27.4 Å². The number of fused-ring (bicyclic) bond motifs is 1. The number of ether oxygens (including phenoxy) is 1. The highest BCUT2D eigenvalue weighted by Crippen LogP contribution is 2.37. The molecule has 5 rings (SSSR count). The lowest BCUT2D eigenvalue weighted by Gasteiger charge is -2.29. The van der Waals surface area contributed by atoms with E-state index in [-0.39, 0.29) is 5.56 Å². The molecule has 3 aromatic rings. The van der Waals surface area contributed by atoms with Gasteiger partial charge in [0.2, 0.25) is 0 Å². The molecule has 158 valence electrons. The van der Waals surface area contributed by atoms with E-state index in [2.05, 4.69) is 25.6 Å². The Hall–Kier alpha value is -2.45. The van der Waals surface area contributed by atoms with Crippen molar-refractivity contribution in [2.75, 3.05) is 38.2 Å². The van der Waals surface area contributed by atoms with Gasteiger partial charge in [-0.05, 0) is 36.5 Å². The Bertz CT molecular complexity index is 1100. The number of nitrogens with zero attached hydrogens (tertiary/aromatic N) is 3. The normalized spacial score (nSPS) is 18.1. The van der Waals surface area contributed by atoms with E-state index in [4.69, 9.17) is 9.72 Å². The first kappa shape index (κ1) is 19.5. The van der Waals surface area contributed by atoms with Crippen LogP contribution in [0.15, 0.2) is 23.0 Å². The summed E-state index contributed by atoms with van der Waals surface area (Å²) >= 11 is 1.33. The Balaban J connectivity index is 1.52. The van der Waals surface area contributed by atoms with Crippen LogP contribution >= 0.6 is 11.5 Å². The molecule has 2 aromatic heterocycles. The predicted octanol–water partition coefficient (Wildman–Crippen LogP) is 3.51. The molecule has 7 nitrogen and oxygen atoms in total. The first-order valence-electron chi connectivity index (χ1n) is 10.8. The van der Waals surface area contributed by atoms with Crippen LogP contribution in [0.25, 0.3) is 21.6 Å². The fourth-order valence-corrected chi connectivity index (χ4v) is 5.51. The number of rotatable bonds is 4. The van der Waals surface area contributed by atoms with Gasteiger partial charge in [0, 0.05) is 43.9 Å². The van der Waals surface area contributed by atoms with Gasteiger partial charge in [-0.3, -0.25) is 4.79 Å². The Kier molecular flexibility index (Phi) is 5.43. The number of aromatic amines is 1. The van der Waals surface area contributed by atoms with Crippen LogP contribution in [0, 0.1) is 0 Å². The molecule has 2 fully saturated rings. The molecular formula is C22H27N5O2S. The quantitative estimate of drug-likeness (QED) is 0.666. The molecule has 1 saturated heterocycles. The SMILES string of the molecule is COc1cc(N2CCNCC2)ccc1-c1nc2snc(C3CCCCC3)c2c(=O)[nH]1. The summed E-state index contributed by atoms with van der Waals surface area (Å²) in [6, 6.07) is 6.10. The lowest BCUT2D eigenvalue weighted by atomic mass is 9.86. The molecule has 2 N–H and O–H groups in total. The van der Waals surface area contributed by atoms with Crippen LogP contribution in [0.4, 0.5) is 5.69 Å². The zero-order valence-corrected chi connectivity index (χ0v) is 18.1. The van der Waals surface area contributed by atoms with E-state index in [1.807, 2.05) is 12.1 Å². The van der Waals surface area contributed by atoms with Crippen molar-refractivity contribution in [3.8, 4) is 17.1 Å². The summed E-state index contributed by atoms with van der Waals surface area (Å²) in [5.41, 5.74) is 2.76. The minimum atomic E-state index is -0.0995. The Labute approximate surface area is 179 Å². The van der Waals surface area contributed by atoms with Crippen molar-refractivity contribution < 1.29 is 4.74 Å². The monoisotopic (exact) mass is 425 g/mol. The largest absolute Gasteiger partial charge is 0.496 e. The second-order valence-electron chi connectivity index (χ2n) is 8.12. The highest BCUT2D eigenvalue weighted by atomic mass is 32.1. The van der Waals surface area contributed by atoms with Gasteiger partial charge in [-0.15, -0.1) is 0 Å². The molecule has 3 heterocycles. The number of benzene rings is 1. The molecule has 0 amide bonds. The van der Waals surface area contributed by atoms with Crippen molar-refractivity contribution in [1.29, 1.82) is 0 Å². The van der Waals surface area contributed by atoms with E-state index in [0.717, 1.165) is 56.0 Å². The Morgan fingerprint density at radius 1 is 1.17 bits per heavy atom. The van der Waals surface area contributed by atoms with Crippen LogP contribution in [0.3, 0.4) is 0 Å². The third kappa shape index (κ3) is 3.58. The number of aromatic nitrogens is 3. The summed E-state index contributed by atoms with van der Waals surface area (Å²) in [5.74, 6) is 1.63. The topological polar surface area (TPSA) is 83.1 Å². The minimum Gasteiger partial charge on any atom is -0.496 e. The zero-order valence-electron chi connectivity index (χ0n) is 17.2. The second-order valence-corrected chi connectivity index (χ2v) is 8.87. The fraction of sp³-hybridized carbons (Fsp3) is 0.500. The number of H-pyrrole nitrogens is 1. The van der Waals surface area contributed by atoms with Gasteiger partial charge in [-0.1, -0.05) is 19.3 Å². The highest BCUT2D eigenvalue weighted by Gasteiger charge is 2.24. The van der Waals surface area contributed by atoms with Gasteiger partial charge >= 0.3 is 0 Å². The minimum absolute atomic E-state index is 0.0995. The van der Waals surface area contributed by atoms with Gasteiger partial charge in [0.05, 0.1) is 18.4 Å². The number of hydrogen-bond donors (Lipinski definition) is 2. The van der Waals surface area contributed by atoms with Crippen molar-refractivity contribution in [3.63, 3.8) is 0 Å². The van der Waals surface area contributed by atoms with Gasteiger partial charge in [0.1, 0.15) is 17.0 Å². The third-order valence-corrected chi connectivity index (χ3v) is 7.04. The molecule has 1 aliphatic heterocycles. The number of piperazine rings is 1. The van der Waals surface area contributed by atoms with Gasteiger partial charge in [0.15, 0.2) is 4.83 Å². The fourth-order valence-electron chi connectivity index (χ4n) is 4.66. The van der Waals surface area contributed by atoms with E-state index in [0.29, 0.717) is 27.7 Å². The molecule has 1 aliphatic carbocycles. The second kappa shape index (κ2) is 8.35. The molecule has 1 aromatic carbocycles. The van der Waals surface area contributed by atoms with Crippen molar-refractivity contribution in [3.05, 3.63) is 34.2 Å². The summed E-state index contributed by atoms with van der Waals surface area (Å²) in [5, 5.41) is 4.04. The number of anilines is 1. The average Bonchev–Trinajstić information content (AvgIpc) is 3.24. The van der Waals surface area contributed by atoms with Gasteiger partial charge in [0.25, 0.3) is 5.56 Å². The van der Waals surface area contributed by atoms with E-state index < -0.39 is 0 Å². The van der Waals surface area contributed by atoms with Gasteiger partial charge < -0.3 is 19.9 Å². The van der Waals surface area contributed by atoms with Crippen molar-refractivity contribution in [2.24, 2.45) is 0 Å². The molecule has 30 heavy (non-hydrogen) atoms. The molecule has 2 aliphatic rings. The average molecular weight is 426 g/mol. The summed E-state index contributed by atoms with van der Waals surface area (Å²) in [4.78, 5) is 23.8.